The fraction of sp³-hybridized carbons (Fsp3) is 0.190. The molecule has 148 valence electrons. The van der Waals surface area contributed by atoms with Crippen LogP contribution < -0.4 is 9.47 Å². The molecule has 1 N–H and O–H groups in total. The van der Waals surface area contributed by atoms with Gasteiger partial charge in [0.1, 0.15) is 11.5 Å². The Kier molecular flexibility index (Phi) is 5.26. The summed E-state index contributed by atoms with van der Waals surface area (Å²) in [6.45, 7) is 1.90. The molecule has 0 unspecified atom stereocenters. The van der Waals surface area contributed by atoms with Crippen LogP contribution >= 0.6 is 11.8 Å². The van der Waals surface area contributed by atoms with Crippen LogP contribution in [-0.2, 0) is 0 Å². The standard InChI is InChI=1S/C21H19N3O4S/c1-12-19(14-6-4-5-7-16(14)22-12)17(25)11-29-21-24-23-20(28-21)15-9-8-13(26-2)10-18(15)27-3/h4-10,22H,11H2,1-3H3. The summed E-state index contributed by atoms with van der Waals surface area (Å²) in [5.41, 5.74) is 3.16. The number of thioether (sulfide) groups is 1. The number of nitrogens with one attached hydrogen (secondary N) is 1. The Bertz CT molecular complexity index is 1180. The molecular formula is C21H19N3O4S. The van der Waals surface area contributed by atoms with E-state index in [0.29, 0.717) is 33.7 Å². The minimum Gasteiger partial charge on any atom is -0.497 e. The van der Waals surface area contributed by atoms with Gasteiger partial charge in [-0.15, -0.1) is 10.2 Å². The van der Waals surface area contributed by atoms with Crippen LogP contribution in [0.25, 0.3) is 22.4 Å². The Labute approximate surface area is 171 Å². The molecule has 0 fully saturated rings. The summed E-state index contributed by atoms with van der Waals surface area (Å²) in [5.74, 6) is 1.76. The number of carbonyl (C=O) groups is 1. The first-order valence-corrected chi connectivity index (χ1v) is 9.88. The maximum absolute atomic E-state index is 12.8. The minimum absolute atomic E-state index is 0.00623. The Morgan fingerprint density at radius 1 is 1.14 bits per heavy atom. The molecule has 0 atom stereocenters. The first-order valence-electron chi connectivity index (χ1n) is 8.90. The Morgan fingerprint density at radius 2 is 1.97 bits per heavy atom. The van der Waals surface area contributed by atoms with Crippen molar-refractivity contribution in [1.29, 1.82) is 0 Å². The SMILES string of the molecule is COc1ccc(-c2nnc(SCC(=O)c3c(C)[nH]c4ccccc34)o2)c(OC)c1. The van der Waals surface area contributed by atoms with Crippen molar-refractivity contribution in [3.8, 4) is 23.0 Å². The van der Waals surface area contributed by atoms with Crippen LogP contribution in [0.5, 0.6) is 11.5 Å². The zero-order chi connectivity index (χ0) is 20.4. The van der Waals surface area contributed by atoms with E-state index in [1.165, 1.54) is 11.8 Å². The molecular weight excluding hydrogens is 390 g/mol. The zero-order valence-electron chi connectivity index (χ0n) is 16.2. The van der Waals surface area contributed by atoms with Crippen molar-refractivity contribution in [2.45, 2.75) is 12.1 Å². The molecule has 0 aliphatic rings. The summed E-state index contributed by atoms with van der Waals surface area (Å²) < 4.78 is 16.3. The molecule has 2 aromatic carbocycles. The van der Waals surface area contributed by atoms with Gasteiger partial charge in [0.15, 0.2) is 5.78 Å². The van der Waals surface area contributed by atoms with Crippen molar-refractivity contribution in [2.24, 2.45) is 0 Å². The third kappa shape index (κ3) is 3.71. The van der Waals surface area contributed by atoms with Crippen molar-refractivity contribution < 1.29 is 18.7 Å². The van der Waals surface area contributed by atoms with Crippen molar-refractivity contribution >= 4 is 28.4 Å². The number of aromatic amines is 1. The number of Topliss-reactive ketones (excluding diaryl/α,β-unsaturated/α-hetero) is 1. The largest absolute Gasteiger partial charge is 0.497 e. The second-order valence-electron chi connectivity index (χ2n) is 6.32. The van der Waals surface area contributed by atoms with E-state index in [0.717, 1.165) is 16.6 Å². The molecule has 0 spiro atoms. The second-order valence-corrected chi connectivity index (χ2v) is 7.25. The van der Waals surface area contributed by atoms with Crippen LogP contribution in [0.2, 0.25) is 0 Å². The molecule has 2 heterocycles. The lowest BCUT2D eigenvalue weighted by atomic mass is 10.1. The number of aromatic nitrogens is 3. The normalized spacial score (nSPS) is 11.0. The summed E-state index contributed by atoms with van der Waals surface area (Å²) in [7, 11) is 3.15. The quantitative estimate of drug-likeness (QED) is 0.354. The molecule has 29 heavy (non-hydrogen) atoms. The molecule has 0 amide bonds. The van der Waals surface area contributed by atoms with Crippen molar-refractivity contribution in [1.82, 2.24) is 15.2 Å². The van der Waals surface area contributed by atoms with Gasteiger partial charge in [-0.05, 0) is 25.1 Å². The Balaban J connectivity index is 1.51. The van der Waals surface area contributed by atoms with Crippen LogP contribution in [0.1, 0.15) is 16.1 Å². The average molecular weight is 409 g/mol. The van der Waals surface area contributed by atoms with Crippen LogP contribution in [-0.4, -0.2) is 40.9 Å². The predicted molar refractivity (Wildman–Crippen MR) is 111 cm³/mol. The summed E-state index contributed by atoms with van der Waals surface area (Å²) in [4.78, 5) is 16.0. The summed E-state index contributed by atoms with van der Waals surface area (Å²) >= 11 is 1.21. The monoisotopic (exact) mass is 409 g/mol. The zero-order valence-corrected chi connectivity index (χ0v) is 17.0. The van der Waals surface area contributed by atoms with E-state index in [4.69, 9.17) is 13.9 Å². The van der Waals surface area contributed by atoms with Crippen molar-refractivity contribution in [3.63, 3.8) is 0 Å². The molecule has 0 bridgehead atoms. The third-order valence-electron chi connectivity index (χ3n) is 4.54. The lowest BCUT2D eigenvalue weighted by Gasteiger charge is -2.07. The van der Waals surface area contributed by atoms with Crippen molar-refractivity contribution in [2.75, 3.05) is 20.0 Å². The number of hydrogen-bond donors (Lipinski definition) is 1. The average Bonchev–Trinajstić information content (AvgIpc) is 3.35. The first kappa shape index (κ1) is 19.1. The fourth-order valence-electron chi connectivity index (χ4n) is 3.19. The number of hydrogen-bond acceptors (Lipinski definition) is 7. The van der Waals surface area contributed by atoms with Gasteiger partial charge >= 0.3 is 0 Å². The number of ketones is 1. The summed E-state index contributed by atoms with van der Waals surface area (Å²) in [5, 5.41) is 9.37. The van der Waals surface area contributed by atoms with Gasteiger partial charge in [0.2, 0.25) is 0 Å². The van der Waals surface area contributed by atoms with E-state index < -0.39 is 0 Å². The number of methoxy groups -OCH3 is 2. The number of para-hydroxylation sites is 1. The molecule has 0 saturated heterocycles. The van der Waals surface area contributed by atoms with E-state index in [-0.39, 0.29) is 11.5 Å². The summed E-state index contributed by atoms with van der Waals surface area (Å²) in [6.07, 6.45) is 0. The van der Waals surface area contributed by atoms with Gasteiger partial charge in [-0.1, -0.05) is 30.0 Å². The topological polar surface area (TPSA) is 90.2 Å². The van der Waals surface area contributed by atoms with E-state index in [9.17, 15) is 4.79 Å². The van der Waals surface area contributed by atoms with E-state index in [1.54, 1.807) is 32.4 Å². The highest BCUT2D eigenvalue weighted by Crippen LogP contribution is 2.34. The van der Waals surface area contributed by atoms with Crippen LogP contribution in [0.3, 0.4) is 0 Å². The highest BCUT2D eigenvalue weighted by molar-refractivity contribution is 7.99. The van der Waals surface area contributed by atoms with Crippen LogP contribution in [0.15, 0.2) is 52.1 Å². The van der Waals surface area contributed by atoms with Crippen molar-refractivity contribution in [3.05, 3.63) is 53.7 Å². The molecule has 7 nitrogen and oxygen atoms in total. The van der Waals surface area contributed by atoms with Gasteiger partial charge in [-0.2, -0.15) is 0 Å². The smallest absolute Gasteiger partial charge is 0.277 e. The maximum atomic E-state index is 12.8. The molecule has 0 aliphatic carbocycles. The number of carbonyl (C=O) groups excluding carboxylic acids is 1. The number of H-pyrrole nitrogens is 1. The molecule has 4 aromatic rings. The summed E-state index contributed by atoms with van der Waals surface area (Å²) in [6, 6.07) is 13.1. The molecule has 2 aromatic heterocycles. The van der Waals surface area contributed by atoms with E-state index in [2.05, 4.69) is 15.2 Å². The predicted octanol–water partition coefficient (Wildman–Crippen LogP) is 4.52. The van der Waals surface area contributed by atoms with Gasteiger partial charge in [-0.3, -0.25) is 4.79 Å². The van der Waals surface area contributed by atoms with Gasteiger partial charge in [0.25, 0.3) is 11.1 Å². The number of ether oxygens (including phenoxy) is 2. The maximum Gasteiger partial charge on any atom is 0.277 e. The number of aryl methyl sites for hydroxylation is 1. The molecule has 0 saturated carbocycles. The van der Waals surface area contributed by atoms with Crippen LogP contribution in [0.4, 0.5) is 0 Å². The lowest BCUT2D eigenvalue weighted by molar-refractivity contribution is 0.102. The molecule has 0 radical (unpaired) electrons. The second kappa shape index (κ2) is 8.00. The Hall–Kier alpha value is -3.26. The van der Waals surface area contributed by atoms with E-state index >= 15 is 0 Å². The van der Waals surface area contributed by atoms with Crippen LogP contribution in [0, 0.1) is 6.92 Å². The van der Waals surface area contributed by atoms with Gasteiger partial charge in [0.05, 0.1) is 25.5 Å². The van der Waals surface area contributed by atoms with Gasteiger partial charge < -0.3 is 18.9 Å². The lowest BCUT2D eigenvalue weighted by Crippen LogP contribution is -2.03. The molecule has 4 rings (SSSR count). The highest BCUT2D eigenvalue weighted by Gasteiger charge is 2.19. The van der Waals surface area contributed by atoms with Gasteiger partial charge in [0, 0.05) is 28.2 Å². The first-order chi connectivity index (χ1) is 14.1. The number of fused-ring (bicyclic) bond motifs is 1. The number of rotatable bonds is 7. The minimum atomic E-state index is 0.00623. The fourth-order valence-corrected chi connectivity index (χ4v) is 3.82. The Morgan fingerprint density at radius 3 is 2.76 bits per heavy atom. The molecule has 0 aliphatic heterocycles. The number of benzene rings is 2. The third-order valence-corrected chi connectivity index (χ3v) is 5.36. The van der Waals surface area contributed by atoms with E-state index in [1.807, 2.05) is 31.2 Å². The number of nitrogens with zero attached hydrogens (tertiary/aromatic N) is 2. The van der Waals surface area contributed by atoms with Gasteiger partial charge in [-0.25, -0.2) is 0 Å². The molecule has 8 heteroatoms. The highest BCUT2D eigenvalue weighted by atomic mass is 32.2.